The molecule has 0 radical (unpaired) electrons. The van der Waals surface area contributed by atoms with Crippen molar-refractivity contribution in [2.24, 2.45) is 5.92 Å². The predicted octanol–water partition coefficient (Wildman–Crippen LogP) is 2.22. The van der Waals surface area contributed by atoms with Crippen LogP contribution in [0.1, 0.15) is 26.1 Å². The summed E-state index contributed by atoms with van der Waals surface area (Å²) in [6.45, 7) is 5.07. The van der Waals surface area contributed by atoms with E-state index in [2.05, 4.69) is 29.1 Å². The lowest BCUT2D eigenvalue weighted by Gasteiger charge is -2.17. The second-order valence-electron chi connectivity index (χ2n) is 4.03. The van der Waals surface area contributed by atoms with Crippen molar-refractivity contribution in [1.82, 2.24) is 15.3 Å². The molecule has 0 fully saturated rings. The van der Waals surface area contributed by atoms with Gasteiger partial charge < -0.3 is 5.32 Å². The zero-order valence-corrected chi connectivity index (χ0v) is 10.0. The van der Waals surface area contributed by atoms with Gasteiger partial charge in [0.05, 0.1) is 6.54 Å². The summed E-state index contributed by atoms with van der Waals surface area (Å²) in [5.41, 5.74) is 0. The molecule has 0 spiro atoms. The molecule has 4 heteroatoms. The lowest BCUT2D eigenvalue weighted by Crippen LogP contribution is -2.32. The average Bonchev–Trinajstić information content (AvgIpc) is 2.25. The predicted molar refractivity (Wildman–Crippen MR) is 62.8 cm³/mol. The minimum atomic E-state index is 0.343. The standard InChI is InChI=1S/C11H18ClN3/c1-9(2)6-10(7-12)15-8-11-13-4-3-5-14-11/h3-5,9-10,15H,6-8H2,1-2H3. The van der Waals surface area contributed by atoms with E-state index in [1.807, 2.05) is 6.07 Å². The first kappa shape index (κ1) is 12.4. The molecule has 1 heterocycles. The van der Waals surface area contributed by atoms with Crippen LogP contribution in [0.15, 0.2) is 18.5 Å². The van der Waals surface area contributed by atoms with Gasteiger partial charge in [-0.25, -0.2) is 9.97 Å². The van der Waals surface area contributed by atoms with Gasteiger partial charge in [-0.05, 0) is 18.4 Å². The fraction of sp³-hybridized carbons (Fsp3) is 0.636. The Morgan fingerprint density at radius 3 is 2.53 bits per heavy atom. The van der Waals surface area contributed by atoms with Gasteiger partial charge in [0.25, 0.3) is 0 Å². The summed E-state index contributed by atoms with van der Waals surface area (Å²) in [6, 6.07) is 2.16. The molecule has 84 valence electrons. The molecule has 1 N–H and O–H groups in total. The summed E-state index contributed by atoms with van der Waals surface area (Å²) in [4.78, 5) is 8.29. The Hall–Kier alpha value is -0.670. The summed E-state index contributed by atoms with van der Waals surface area (Å²) in [6.07, 6.45) is 4.58. The van der Waals surface area contributed by atoms with Gasteiger partial charge in [0.2, 0.25) is 0 Å². The third kappa shape index (κ3) is 5.09. The third-order valence-corrected chi connectivity index (χ3v) is 2.48. The van der Waals surface area contributed by atoms with E-state index in [0.29, 0.717) is 24.4 Å². The monoisotopic (exact) mass is 227 g/mol. The minimum Gasteiger partial charge on any atom is -0.306 e. The summed E-state index contributed by atoms with van der Waals surface area (Å²) in [5, 5.41) is 3.36. The summed E-state index contributed by atoms with van der Waals surface area (Å²) < 4.78 is 0. The largest absolute Gasteiger partial charge is 0.306 e. The van der Waals surface area contributed by atoms with Crippen molar-refractivity contribution in [3.63, 3.8) is 0 Å². The molecule has 0 aliphatic heterocycles. The Morgan fingerprint density at radius 1 is 1.33 bits per heavy atom. The lowest BCUT2D eigenvalue weighted by molar-refractivity contribution is 0.440. The molecule has 15 heavy (non-hydrogen) atoms. The molecule has 0 amide bonds. The normalized spacial score (nSPS) is 13.1. The van der Waals surface area contributed by atoms with E-state index in [1.54, 1.807) is 12.4 Å². The fourth-order valence-corrected chi connectivity index (χ4v) is 1.66. The van der Waals surface area contributed by atoms with Gasteiger partial charge in [-0.15, -0.1) is 11.6 Å². The Bertz CT molecular complexity index is 264. The van der Waals surface area contributed by atoms with E-state index >= 15 is 0 Å². The number of rotatable bonds is 6. The lowest BCUT2D eigenvalue weighted by atomic mass is 10.1. The van der Waals surface area contributed by atoms with Crippen LogP contribution >= 0.6 is 11.6 Å². The van der Waals surface area contributed by atoms with Gasteiger partial charge in [-0.2, -0.15) is 0 Å². The molecule has 3 nitrogen and oxygen atoms in total. The third-order valence-electron chi connectivity index (χ3n) is 2.11. The number of nitrogens with one attached hydrogen (secondary N) is 1. The number of aromatic nitrogens is 2. The van der Waals surface area contributed by atoms with Gasteiger partial charge in [-0.3, -0.25) is 0 Å². The first-order valence-electron chi connectivity index (χ1n) is 5.27. The van der Waals surface area contributed by atoms with Crippen molar-refractivity contribution < 1.29 is 0 Å². The summed E-state index contributed by atoms with van der Waals surface area (Å²) in [5.74, 6) is 2.10. The van der Waals surface area contributed by atoms with Crippen LogP contribution in [0, 0.1) is 5.92 Å². The number of nitrogens with zero attached hydrogens (tertiary/aromatic N) is 2. The second kappa shape index (κ2) is 6.75. The maximum atomic E-state index is 5.87. The van der Waals surface area contributed by atoms with Gasteiger partial charge >= 0.3 is 0 Å². The first-order chi connectivity index (χ1) is 7.22. The Balaban J connectivity index is 2.34. The highest BCUT2D eigenvalue weighted by atomic mass is 35.5. The van der Waals surface area contributed by atoms with Gasteiger partial charge in [0, 0.05) is 24.3 Å². The van der Waals surface area contributed by atoms with Crippen molar-refractivity contribution in [3.05, 3.63) is 24.3 Å². The van der Waals surface area contributed by atoms with Crippen molar-refractivity contribution >= 4 is 11.6 Å². The van der Waals surface area contributed by atoms with E-state index in [4.69, 9.17) is 11.6 Å². The average molecular weight is 228 g/mol. The Kier molecular flexibility index (Phi) is 5.58. The molecule has 0 aliphatic carbocycles. The molecule has 0 saturated heterocycles. The SMILES string of the molecule is CC(C)CC(CCl)NCc1ncccn1. The van der Waals surface area contributed by atoms with Crippen LogP contribution in [-0.2, 0) is 6.54 Å². The number of halogens is 1. The zero-order chi connectivity index (χ0) is 11.1. The van der Waals surface area contributed by atoms with Gasteiger partial charge in [-0.1, -0.05) is 13.8 Å². The van der Waals surface area contributed by atoms with Crippen molar-refractivity contribution in [3.8, 4) is 0 Å². The van der Waals surface area contributed by atoms with Crippen LogP contribution in [-0.4, -0.2) is 21.9 Å². The van der Waals surface area contributed by atoms with E-state index in [9.17, 15) is 0 Å². The van der Waals surface area contributed by atoms with Gasteiger partial charge in [0.1, 0.15) is 5.82 Å². The molecule has 1 aromatic rings. The van der Waals surface area contributed by atoms with E-state index in [-0.39, 0.29) is 0 Å². The van der Waals surface area contributed by atoms with Crippen LogP contribution in [0.5, 0.6) is 0 Å². The molecule has 1 aromatic heterocycles. The molecule has 1 rings (SSSR count). The van der Waals surface area contributed by atoms with E-state index in [0.717, 1.165) is 12.2 Å². The second-order valence-corrected chi connectivity index (χ2v) is 4.34. The number of hydrogen-bond acceptors (Lipinski definition) is 3. The Morgan fingerprint density at radius 2 is 2.00 bits per heavy atom. The van der Waals surface area contributed by atoms with Crippen molar-refractivity contribution in [2.75, 3.05) is 5.88 Å². The highest BCUT2D eigenvalue weighted by Gasteiger charge is 2.09. The number of alkyl halides is 1. The molecule has 0 saturated carbocycles. The molecule has 1 atom stereocenters. The van der Waals surface area contributed by atoms with Crippen molar-refractivity contribution in [1.29, 1.82) is 0 Å². The molecular formula is C11H18ClN3. The zero-order valence-electron chi connectivity index (χ0n) is 9.28. The van der Waals surface area contributed by atoms with Crippen LogP contribution < -0.4 is 5.32 Å². The first-order valence-corrected chi connectivity index (χ1v) is 5.81. The van der Waals surface area contributed by atoms with Gasteiger partial charge in [0.15, 0.2) is 0 Å². The highest BCUT2D eigenvalue weighted by Crippen LogP contribution is 2.06. The summed E-state index contributed by atoms with van der Waals surface area (Å²) in [7, 11) is 0. The topological polar surface area (TPSA) is 37.8 Å². The Labute approximate surface area is 96.3 Å². The smallest absolute Gasteiger partial charge is 0.141 e. The summed E-state index contributed by atoms with van der Waals surface area (Å²) >= 11 is 5.87. The molecule has 0 aromatic carbocycles. The molecule has 0 aliphatic rings. The maximum Gasteiger partial charge on any atom is 0.141 e. The van der Waals surface area contributed by atoms with E-state index in [1.165, 1.54) is 0 Å². The van der Waals surface area contributed by atoms with Crippen LogP contribution in [0.3, 0.4) is 0 Å². The highest BCUT2D eigenvalue weighted by molar-refractivity contribution is 6.18. The fourth-order valence-electron chi connectivity index (χ4n) is 1.43. The van der Waals surface area contributed by atoms with E-state index < -0.39 is 0 Å². The maximum absolute atomic E-state index is 5.87. The van der Waals surface area contributed by atoms with Crippen molar-refractivity contribution in [2.45, 2.75) is 32.9 Å². The van der Waals surface area contributed by atoms with Crippen LogP contribution in [0.25, 0.3) is 0 Å². The van der Waals surface area contributed by atoms with Crippen LogP contribution in [0.4, 0.5) is 0 Å². The molecule has 1 unspecified atom stereocenters. The molecular weight excluding hydrogens is 210 g/mol. The van der Waals surface area contributed by atoms with Crippen LogP contribution in [0.2, 0.25) is 0 Å². The number of hydrogen-bond donors (Lipinski definition) is 1. The quantitative estimate of drug-likeness (QED) is 0.758. The molecule has 0 bridgehead atoms. The minimum absolute atomic E-state index is 0.343.